The van der Waals surface area contributed by atoms with Crippen molar-refractivity contribution in [3.63, 3.8) is 0 Å². The molecule has 1 saturated heterocycles. The van der Waals surface area contributed by atoms with Crippen molar-refractivity contribution in [1.29, 1.82) is 0 Å². The summed E-state index contributed by atoms with van der Waals surface area (Å²) in [7, 11) is -3.73. The summed E-state index contributed by atoms with van der Waals surface area (Å²) in [5, 5.41) is 2.12. The Kier molecular flexibility index (Phi) is 5.09. The van der Waals surface area contributed by atoms with Gasteiger partial charge < -0.3 is 9.42 Å². The number of hydrogen-bond acceptors (Lipinski definition) is 4. The molecule has 1 unspecified atom stereocenters. The number of hydrogen-bond donors (Lipinski definition) is 2. The summed E-state index contributed by atoms with van der Waals surface area (Å²) in [4.78, 5) is 14.0. The highest BCUT2D eigenvalue weighted by molar-refractivity contribution is 8.93. The molecule has 1 aromatic heterocycles. The zero-order valence-electron chi connectivity index (χ0n) is 10.4. The Hall–Kier alpha value is -0.260. The largest absolute Gasteiger partial charge is 0.352 e. The molecular formula is C11H18BrN2O3P. The van der Waals surface area contributed by atoms with Gasteiger partial charge in [0.1, 0.15) is 5.28 Å². The summed E-state index contributed by atoms with van der Waals surface area (Å²) in [5.74, 6) is 0. The fourth-order valence-electron chi connectivity index (χ4n) is 1.96. The third-order valence-corrected chi connectivity index (χ3v) is 5.23. The Labute approximate surface area is 117 Å². The van der Waals surface area contributed by atoms with Crippen LogP contribution in [0.25, 0.3) is 0 Å². The fraction of sp³-hybridized carbons (Fsp3) is 0.545. The van der Waals surface area contributed by atoms with E-state index in [1.165, 1.54) is 0 Å². The number of nitrogens with one attached hydrogen (secondary N) is 1. The lowest BCUT2D eigenvalue weighted by Gasteiger charge is -2.42. The van der Waals surface area contributed by atoms with E-state index in [9.17, 15) is 9.46 Å². The fourth-order valence-corrected chi connectivity index (χ4v) is 3.40. The maximum atomic E-state index is 12.2. The van der Waals surface area contributed by atoms with Crippen molar-refractivity contribution >= 4 is 24.6 Å². The zero-order valence-corrected chi connectivity index (χ0v) is 13.0. The number of rotatable bonds is 2. The van der Waals surface area contributed by atoms with E-state index < -0.39 is 12.9 Å². The van der Waals surface area contributed by atoms with Crippen molar-refractivity contribution in [2.45, 2.75) is 31.6 Å². The summed E-state index contributed by atoms with van der Waals surface area (Å²) in [5.41, 5.74) is 0.670. The molecule has 3 atom stereocenters. The van der Waals surface area contributed by atoms with Crippen LogP contribution in [0.4, 0.5) is 0 Å². The second-order valence-electron chi connectivity index (χ2n) is 4.38. The second-order valence-corrected chi connectivity index (χ2v) is 6.57. The van der Waals surface area contributed by atoms with Crippen molar-refractivity contribution in [1.82, 2.24) is 10.3 Å². The van der Waals surface area contributed by atoms with E-state index in [2.05, 4.69) is 10.3 Å². The first-order valence-corrected chi connectivity index (χ1v) is 7.23. The summed E-state index contributed by atoms with van der Waals surface area (Å²) < 4.78 is 17.4. The van der Waals surface area contributed by atoms with E-state index >= 15 is 0 Å². The van der Waals surface area contributed by atoms with Crippen LogP contribution in [-0.2, 0) is 14.4 Å². The molecule has 102 valence electrons. The molecule has 0 bridgehead atoms. The molecule has 0 aromatic carbocycles. The van der Waals surface area contributed by atoms with Crippen LogP contribution in [0.15, 0.2) is 24.5 Å². The van der Waals surface area contributed by atoms with Gasteiger partial charge in [-0.2, -0.15) is 0 Å². The molecule has 0 saturated carbocycles. The summed E-state index contributed by atoms with van der Waals surface area (Å²) in [6.45, 7) is 3.96. The van der Waals surface area contributed by atoms with E-state index in [0.29, 0.717) is 5.56 Å². The Balaban J connectivity index is 0.00000162. The lowest BCUT2D eigenvalue weighted by atomic mass is 10.1. The van der Waals surface area contributed by atoms with Gasteiger partial charge in [0.15, 0.2) is 0 Å². The molecule has 2 N–H and O–H groups in total. The van der Waals surface area contributed by atoms with Gasteiger partial charge >= 0.3 is 7.60 Å². The number of pyridine rings is 1. The van der Waals surface area contributed by atoms with E-state index in [-0.39, 0.29) is 29.6 Å². The van der Waals surface area contributed by atoms with E-state index in [1.807, 2.05) is 6.92 Å². The standard InChI is InChI=1S/C11H17N2O3P.BrH/c1-3-10-8-16-17(14,15)11(2,13-10)9-5-4-6-12-7-9;/h4-7,10,13H,3,8H2,1-2H3,(H,14,15);1H/t10-,11-;/m1./s1. The minimum atomic E-state index is -3.73. The average molecular weight is 337 g/mol. The molecule has 1 aliphatic rings. The van der Waals surface area contributed by atoms with Crippen molar-refractivity contribution in [2.24, 2.45) is 0 Å². The number of nitrogens with zero attached hydrogens (tertiary/aromatic N) is 1. The first-order chi connectivity index (χ1) is 7.99. The molecule has 7 heteroatoms. The van der Waals surface area contributed by atoms with Crippen LogP contribution in [0, 0.1) is 0 Å². The van der Waals surface area contributed by atoms with Gasteiger partial charge in [0.2, 0.25) is 0 Å². The molecule has 1 fully saturated rings. The number of halogens is 1. The Bertz CT molecular complexity index is 445. The smallest absolute Gasteiger partial charge is 0.323 e. The van der Waals surface area contributed by atoms with Gasteiger partial charge in [0.05, 0.1) is 6.61 Å². The van der Waals surface area contributed by atoms with Crippen LogP contribution < -0.4 is 5.32 Å². The van der Waals surface area contributed by atoms with Crippen LogP contribution in [0.5, 0.6) is 0 Å². The Morgan fingerprint density at radius 2 is 2.44 bits per heavy atom. The van der Waals surface area contributed by atoms with Crippen LogP contribution in [0.1, 0.15) is 25.8 Å². The minimum absolute atomic E-state index is 0. The average Bonchev–Trinajstić information content (AvgIpc) is 2.34. The van der Waals surface area contributed by atoms with Gasteiger partial charge in [-0.1, -0.05) is 13.0 Å². The van der Waals surface area contributed by atoms with E-state index in [1.54, 1.807) is 31.5 Å². The molecular weight excluding hydrogens is 319 g/mol. The van der Waals surface area contributed by atoms with Gasteiger partial charge in [-0.05, 0) is 19.4 Å². The third kappa shape index (κ3) is 2.68. The van der Waals surface area contributed by atoms with Gasteiger partial charge in [-0.3, -0.25) is 14.9 Å². The van der Waals surface area contributed by atoms with Gasteiger partial charge in [0.25, 0.3) is 0 Å². The molecule has 18 heavy (non-hydrogen) atoms. The lowest BCUT2D eigenvalue weighted by molar-refractivity contribution is 0.147. The quantitative estimate of drug-likeness (QED) is 0.811. The maximum Gasteiger partial charge on any atom is 0.352 e. The minimum Gasteiger partial charge on any atom is -0.323 e. The lowest BCUT2D eigenvalue weighted by Crippen LogP contribution is -2.51. The molecule has 1 aliphatic heterocycles. The highest BCUT2D eigenvalue weighted by Gasteiger charge is 2.50. The highest BCUT2D eigenvalue weighted by Crippen LogP contribution is 2.61. The van der Waals surface area contributed by atoms with Crippen molar-refractivity contribution < 1.29 is 14.0 Å². The van der Waals surface area contributed by atoms with Crippen LogP contribution in [0.3, 0.4) is 0 Å². The zero-order chi connectivity index (χ0) is 12.5. The summed E-state index contributed by atoms with van der Waals surface area (Å²) in [6.07, 6.45) is 4.07. The topological polar surface area (TPSA) is 71.5 Å². The summed E-state index contributed by atoms with van der Waals surface area (Å²) in [6, 6.07) is 3.61. The second kappa shape index (κ2) is 5.80. The number of aromatic nitrogens is 1. The first-order valence-electron chi connectivity index (χ1n) is 5.65. The van der Waals surface area contributed by atoms with Crippen LogP contribution >= 0.6 is 24.6 Å². The normalized spacial score (nSPS) is 35.8. The third-order valence-electron chi connectivity index (χ3n) is 3.22. The molecule has 2 heterocycles. The molecule has 0 radical (unpaired) electrons. The van der Waals surface area contributed by atoms with Crippen molar-refractivity contribution in [3.8, 4) is 0 Å². The van der Waals surface area contributed by atoms with Gasteiger partial charge in [-0.15, -0.1) is 17.0 Å². The Morgan fingerprint density at radius 1 is 1.72 bits per heavy atom. The SMILES string of the molecule is Br.CC[C@@H]1COP(=O)(O)[C@](C)(c2cccnc2)N1. The highest BCUT2D eigenvalue weighted by atomic mass is 79.9. The predicted molar refractivity (Wildman–Crippen MR) is 74.9 cm³/mol. The molecule has 1 aromatic rings. The molecule has 0 aliphatic carbocycles. The predicted octanol–water partition coefficient (Wildman–Crippen LogP) is 2.42. The Morgan fingerprint density at radius 3 is 3.00 bits per heavy atom. The first kappa shape index (κ1) is 15.8. The summed E-state index contributed by atoms with van der Waals surface area (Å²) >= 11 is 0. The van der Waals surface area contributed by atoms with Crippen LogP contribution in [0.2, 0.25) is 0 Å². The molecule has 5 nitrogen and oxygen atoms in total. The van der Waals surface area contributed by atoms with Crippen LogP contribution in [-0.4, -0.2) is 22.5 Å². The molecule has 0 amide bonds. The van der Waals surface area contributed by atoms with Gasteiger partial charge in [0, 0.05) is 24.0 Å². The maximum absolute atomic E-state index is 12.2. The van der Waals surface area contributed by atoms with Gasteiger partial charge in [-0.25, -0.2) is 0 Å². The monoisotopic (exact) mass is 336 g/mol. The van der Waals surface area contributed by atoms with Crippen molar-refractivity contribution in [3.05, 3.63) is 30.1 Å². The molecule has 2 rings (SSSR count). The van der Waals surface area contributed by atoms with E-state index in [4.69, 9.17) is 4.52 Å². The van der Waals surface area contributed by atoms with E-state index in [0.717, 1.165) is 6.42 Å². The molecule has 0 spiro atoms. The van der Waals surface area contributed by atoms with Crippen molar-refractivity contribution in [2.75, 3.05) is 6.61 Å².